The zero-order valence-corrected chi connectivity index (χ0v) is 14.7. The molecule has 8 heteroatoms. The SMILES string of the molecule is COc1ccc(C(C)NS(=O)(=O)NC(=O)OCc2ccccc2)cc1. The van der Waals surface area contributed by atoms with Gasteiger partial charge >= 0.3 is 16.3 Å². The van der Waals surface area contributed by atoms with Crippen LogP contribution in [0.25, 0.3) is 0 Å². The molecule has 0 spiro atoms. The topological polar surface area (TPSA) is 93.7 Å². The molecule has 2 aromatic carbocycles. The maximum Gasteiger partial charge on any atom is 0.422 e. The second-order valence-electron chi connectivity index (χ2n) is 5.28. The first-order chi connectivity index (χ1) is 11.9. The van der Waals surface area contributed by atoms with Crippen LogP contribution < -0.4 is 14.2 Å². The molecule has 0 heterocycles. The van der Waals surface area contributed by atoms with E-state index < -0.39 is 22.3 Å². The number of carbonyl (C=O) groups is 1. The summed E-state index contributed by atoms with van der Waals surface area (Å²) in [5.41, 5.74) is 1.48. The molecule has 2 aromatic rings. The highest BCUT2D eigenvalue weighted by Gasteiger charge is 2.19. The fraction of sp³-hybridized carbons (Fsp3) is 0.235. The zero-order valence-electron chi connectivity index (χ0n) is 13.9. The first-order valence-electron chi connectivity index (χ1n) is 7.54. The molecule has 0 aliphatic carbocycles. The molecule has 0 aromatic heterocycles. The lowest BCUT2D eigenvalue weighted by molar-refractivity contribution is 0.146. The minimum Gasteiger partial charge on any atom is -0.497 e. The minimum atomic E-state index is -4.05. The van der Waals surface area contributed by atoms with E-state index in [9.17, 15) is 13.2 Å². The second-order valence-corrected chi connectivity index (χ2v) is 6.73. The Morgan fingerprint density at radius 1 is 1.08 bits per heavy atom. The number of methoxy groups -OCH3 is 1. The molecular formula is C17H20N2O5S. The van der Waals surface area contributed by atoms with Gasteiger partial charge in [-0.25, -0.2) is 9.52 Å². The van der Waals surface area contributed by atoms with E-state index >= 15 is 0 Å². The molecule has 0 aliphatic rings. The number of carbonyl (C=O) groups excluding carboxylic acids is 1. The summed E-state index contributed by atoms with van der Waals surface area (Å²) in [6.07, 6.45) is -1.04. The van der Waals surface area contributed by atoms with Crippen molar-refractivity contribution in [1.29, 1.82) is 0 Å². The van der Waals surface area contributed by atoms with Gasteiger partial charge in [0.1, 0.15) is 12.4 Å². The summed E-state index contributed by atoms with van der Waals surface area (Å²) in [5.74, 6) is 0.668. The first kappa shape index (κ1) is 18.8. The Bertz CT molecular complexity index is 792. The van der Waals surface area contributed by atoms with Crippen molar-refractivity contribution in [3.8, 4) is 5.75 Å². The van der Waals surface area contributed by atoms with Gasteiger partial charge in [0.2, 0.25) is 0 Å². The number of ether oxygens (including phenoxy) is 2. The monoisotopic (exact) mass is 364 g/mol. The summed E-state index contributed by atoms with van der Waals surface area (Å²) in [4.78, 5) is 11.7. The third-order valence-electron chi connectivity index (χ3n) is 3.38. The van der Waals surface area contributed by atoms with E-state index in [-0.39, 0.29) is 6.61 Å². The van der Waals surface area contributed by atoms with Gasteiger partial charge in [0, 0.05) is 6.04 Å². The first-order valence-corrected chi connectivity index (χ1v) is 9.02. The Morgan fingerprint density at radius 2 is 1.72 bits per heavy atom. The van der Waals surface area contributed by atoms with E-state index in [1.54, 1.807) is 62.6 Å². The average Bonchev–Trinajstić information content (AvgIpc) is 2.60. The summed E-state index contributed by atoms with van der Waals surface area (Å²) >= 11 is 0. The lowest BCUT2D eigenvalue weighted by Gasteiger charge is -2.15. The molecule has 0 saturated carbocycles. The van der Waals surface area contributed by atoms with Crippen LogP contribution in [-0.2, 0) is 21.6 Å². The van der Waals surface area contributed by atoms with Gasteiger partial charge in [-0.3, -0.25) is 0 Å². The van der Waals surface area contributed by atoms with Gasteiger partial charge < -0.3 is 9.47 Å². The zero-order chi connectivity index (χ0) is 18.3. The largest absolute Gasteiger partial charge is 0.497 e. The van der Waals surface area contributed by atoms with E-state index in [0.29, 0.717) is 5.75 Å². The van der Waals surface area contributed by atoms with Crippen LogP contribution >= 0.6 is 0 Å². The molecule has 1 atom stereocenters. The maximum atomic E-state index is 12.0. The molecule has 0 saturated heterocycles. The molecule has 1 unspecified atom stereocenters. The maximum absolute atomic E-state index is 12.0. The van der Waals surface area contributed by atoms with Crippen LogP contribution in [0.2, 0.25) is 0 Å². The van der Waals surface area contributed by atoms with Crippen molar-refractivity contribution in [2.75, 3.05) is 7.11 Å². The van der Waals surface area contributed by atoms with Crippen LogP contribution in [0.1, 0.15) is 24.1 Å². The Balaban J connectivity index is 1.88. The van der Waals surface area contributed by atoms with Crippen molar-refractivity contribution in [2.45, 2.75) is 19.6 Å². The molecule has 0 aliphatic heterocycles. The van der Waals surface area contributed by atoms with Gasteiger partial charge in [-0.1, -0.05) is 42.5 Å². The Kier molecular flexibility index (Phi) is 6.37. The van der Waals surface area contributed by atoms with Crippen LogP contribution in [0, 0.1) is 0 Å². The smallest absolute Gasteiger partial charge is 0.422 e. The van der Waals surface area contributed by atoms with Crippen molar-refractivity contribution in [3.05, 3.63) is 65.7 Å². The fourth-order valence-corrected chi connectivity index (χ4v) is 3.02. The molecule has 1 amide bonds. The van der Waals surface area contributed by atoms with Gasteiger partial charge in [-0.05, 0) is 30.2 Å². The third-order valence-corrected chi connectivity index (χ3v) is 4.48. The van der Waals surface area contributed by atoms with Crippen LogP contribution in [0.3, 0.4) is 0 Å². The molecular weight excluding hydrogens is 344 g/mol. The van der Waals surface area contributed by atoms with E-state index in [0.717, 1.165) is 11.1 Å². The van der Waals surface area contributed by atoms with Gasteiger partial charge in [-0.15, -0.1) is 0 Å². The summed E-state index contributed by atoms with van der Waals surface area (Å²) in [6, 6.07) is 15.3. The van der Waals surface area contributed by atoms with Gasteiger partial charge in [-0.2, -0.15) is 13.1 Å². The van der Waals surface area contributed by atoms with Crippen molar-refractivity contribution >= 4 is 16.3 Å². The molecule has 0 bridgehead atoms. The summed E-state index contributed by atoms with van der Waals surface area (Å²) < 4.78 is 38.2. The number of amides is 1. The quantitative estimate of drug-likeness (QED) is 0.787. The molecule has 134 valence electrons. The number of hydrogen-bond donors (Lipinski definition) is 2. The highest BCUT2D eigenvalue weighted by molar-refractivity contribution is 7.88. The van der Waals surface area contributed by atoms with Gasteiger partial charge in [0.25, 0.3) is 0 Å². The predicted octanol–water partition coefficient (Wildman–Crippen LogP) is 2.52. The van der Waals surface area contributed by atoms with E-state index in [1.165, 1.54) is 0 Å². The molecule has 0 radical (unpaired) electrons. The number of benzene rings is 2. The second kappa shape index (κ2) is 8.50. The molecule has 7 nitrogen and oxygen atoms in total. The van der Waals surface area contributed by atoms with Crippen LogP contribution in [0.15, 0.2) is 54.6 Å². The van der Waals surface area contributed by atoms with Crippen molar-refractivity contribution < 1.29 is 22.7 Å². The molecule has 2 N–H and O–H groups in total. The lowest BCUT2D eigenvalue weighted by atomic mass is 10.1. The van der Waals surface area contributed by atoms with Gasteiger partial charge in [0.15, 0.2) is 0 Å². The van der Waals surface area contributed by atoms with E-state index in [1.807, 2.05) is 10.8 Å². The van der Waals surface area contributed by atoms with E-state index in [2.05, 4.69) is 4.72 Å². The molecule has 0 fully saturated rings. The predicted molar refractivity (Wildman–Crippen MR) is 93.2 cm³/mol. The molecule has 2 rings (SSSR count). The van der Waals surface area contributed by atoms with Crippen LogP contribution in [-0.4, -0.2) is 21.6 Å². The number of hydrogen-bond acceptors (Lipinski definition) is 5. The Hall–Kier alpha value is -2.58. The van der Waals surface area contributed by atoms with Crippen molar-refractivity contribution in [2.24, 2.45) is 0 Å². The summed E-state index contributed by atoms with van der Waals surface area (Å²) in [5, 5.41) is 0. The Morgan fingerprint density at radius 3 is 2.32 bits per heavy atom. The standard InChI is InChI=1S/C17H20N2O5S/c1-13(15-8-10-16(23-2)11-9-15)18-25(21,22)19-17(20)24-12-14-6-4-3-5-7-14/h3-11,13,18H,12H2,1-2H3,(H,19,20). The third kappa shape index (κ3) is 6.09. The molecule has 25 heavy (non-hydrogen) atoms. The van der Waals surface area contributed by atoms with Gasteiger partial charge in [0.05, 0.1) is 7.11 Å². The highest BCUT2D eigenvalue weighted by Crippen LogP contribution is 2.17. The van der Waals surface area contributed by atoms with Crippen molar-refractivity contribution in [1.82, 2.24) is 9.44 Å². The fourth-order valence-electron chi connectivity index (χ4n) is 2.09. The lowest BCUT2D eigenvalue weighted by Crippen LogP contribution is -2.41. The minimum absolute atomic E-state index is 0.0176. The highest BCUT2D eigenvalue weighted by atomic mass is 32.2. The average molecular weight is 364 g/mol. The number of rotatable bonds is 7. The summed E-state index contributed by atoms with van der Waals surface area (Å²) in [6.45, 7) is 1.65. The Labute approximate surface area is 147 Å². The van der Waals surface area contributed by atoms with Crippen LogP contribution in [0.5, 0.6) is 5.75 Å². The van der Waals surface area contributed by atoms with Crippen molar-refractivity contribution in [3.63, 3.8) is 0 Å². The van der Waals surface area contributed by atoms with Crippen LogP contribution in [0.4, 0.5) is 4.79 Å². The number of nitrogens with one attached hydrogen (secondary N) is 2. The summed E-state index contributed by atoms with van der Waals surface area (Å²) in [7, 11) is -2.51. The van der Waals surface area contributed by atoms with E-state index in [4.69, 9.17) is 9.47 Å². The normalized spacial score (nSPS) is 12.2.